The van der Waals surface area contributed by atoms with E-state index in [9.17, 15) is 9.59 Å². The molecule has 0 aliphatic heterocycles. The van der Waals surface area contributed by atoms with Crippen molar-refractivity contribution in [2.45, 2.75) is 78.2 Å². The SMILES string of the molecule is CC(=O)O[C@H]1CC[C@@]2(C)C(=CC[C@H]3[C@H]2CC[C@@]2(C)/C(=N\NC(N)=O)CC[C@H]32)C1. The number of hydrogen-bond acceptors (Lipinski definition) is 4. The zero-order valence-corrected chi connectivity index (χ0v) is 17.3. The number of primary amides is 1. The van der Waals surface area contributed by atoms with Crippen molar-refractivity contribution in [2.75, 3.05) is 0 Å². The van der Waals surface area contributed by atoms with Gasteiger partial charge in [0.15, 0.2) is 0 Å². The molecule has 3 saturated carbocycles. The molecule has 0 radical (unpaired) electrons. The van der Waals surface area contributed by atoms with Crippen molar-refractivity contribution < 1.29 is 14.3 Å². The van der Waals surface area contributed by atoms with Crippen LogP contribution in [0.15, 0.2) is 16.8 Å². The molecule has 3 fully saturated rings. The van der Waals surface area contributed by atoms with Crippen LogP contribution in [-0.2, 0) is 9.53 Å². The molecule has 28 heavy (non-hydrogen) atoms. The van der Waals surface area contributed by atoms with E-state index in [0.29, 0.717) is 17.8 Å². The number of esters is 1. The summed E-state index contributed by atoms with van der Waals surface area (Å²) in [5.41, 5.74) is 10.6. The van der Waals surface area contributed by atoms with Gasteiger partial charge >= 0.3 is 12.0 Å². The second kappa shape index (κ2) is 6.89. The average molecular weight is 388 g/mol. The Balaban J connectivity index is 1.56. The van der Waals surface area contributed by atoms with Gasteiger partial charge in [0, 0.05) is 24.5 Å². The maximum atomic E-state index is 11.4. The van der Waals surface area contributed by atoms with Gasteiger partial charge in [-0.1, -0.05) is 25.5 Å². The van der Waals surface area contributed by atoms with Crippen LogP contribution in [0, 0.1) is 28.6 Å². The van der Waals surface area contributed by atoms with Gasteiger partial charge in [0.1, 0.15) is 6.10 Å². The number of amides is 2. The molecule has 6 nitrogen and oxygen atoms in total. The number of nitrogens with zero attached hydrogens (tertiary/aromatic N) is 1. The predicted molar refractivity (Wildman–Crippen MR) is 107 cm³/mol. The Morgan fingerprint density at radius 1 is 1.18 bits per heavy atom. The highest BCUT2D eigenvalue weighted by molar-refractivity contribution is 5.93. The third-order valence-electron chi connectivity index (χ3n) is 8.43. The third-order valence-corrected chi connectivity index (χ3v) is 8.43. The maximum absolute atomic E-state index is 11.4. The summed E-state index contributed by atoms with van der Waals surface area (Å²) in [4.78, 5) is 22.5. The molecule has 0 heterocycles. The molecule has 154 valence electrons. The maximum Gasteiger partial charge on any atom is 0.332 e. The normalized spacial score (nSPS) is 43.4. The smallest absolute Gasteiger partial charge is 0.332 e. The molecule has 6 atom stereocenters. The zero-order chi connectivity index (χ0) is 20.1. The van der Waals surface area contributed by atoms with E-state index in [0.717, 1.165) is 50.7 Å². The Labute approximate surface area is 167 Å². The fourth-order valence-electron chi connectivity index (χ4n) is 7.06. The molecule has 0 unspecified atom stereocenters. The number of urea groups is 1. The van der Waals surface area contributed by atoms with Crippen LogP contribution in [0.25, 0.3) is 0 Å². The minimum Gasteiger partial charge on any atom is -0.462 e. The Hall–Kier alpha value is -1.85. The van der Waals surface area contributed by atoms with E-state index in [1.807, 2.05) is 0 Å². The quantitative estimate of drug-likeness (QED) is 0.427. The number of hydrazone groups is 1. The van der Waals surface area contributed by atoms with E-state index in [-0.39, 0.29) is 22.9 Å². The Bertz CT molecular complexity index is 745. The summed E-state index contributed by atoms with van der Waals surface area (Å²) in [5, 5.41) is 4.38. The lowest BCUT2D eigenvalue weighted by atomic mass is 9.48. The molecular formula is C22H33N3O3. The van der Waals surface area contributed by atoms with Crippen molar-refractivity contribution in [3.05, 3.63) is 11.6 Å². The number of fused-ring (bicyclic) bond motifs is 5. The number of rotatable bonds is 2. The van der Waals surface area contributed by atoms with Crippen LogP contribution in [-0.4, -0.2) is 23.8 Å². The molecule has 0 saturated heterocycles. The molecule has 4 aliphatic rings. The van der Waals surface area contributed by atoms with Crippen LogP contribution in [0.3, 0.4) is 0 Å². The van der Waals surface area contributed by atoms with E-state index in [4.69, 9.17) is 10.5 Å². The third kappa shape index (κ3) is 3.05. The molecule has 0 bridgehead atoms. The minimum atomic E-state index is -0.587. The molecular weight excluding hydrogens is 354 g/mol. The van der Waals surface area contributed by atoms with Crippen LogP contribution in [0.4, 0.5) is 4.79 Å². The molecule has 0 spiro atoms. The van der Waals surface area contributed by atoms with Gasteiger partial charge in [-0.15, -0.1) is 0 Å². The van der Waals surface area contributed by atoms with Crippen LogP contribution in [0.5, 0.6) is 0 Å². The zero-order valence-electron chi connectivity index (χ0n) is 17.3. The number of nitrogens with one attached hydrogen (secondary N) is 1. The van der Waals surface area contributed by atoms with Gasteiger partial charge < -0.3 is 10.5 Å². The largest absolute Gasteiger partial charge is 0.462 e. The number of hydrogen-bond donors (Lipinski definition) is 2. The van der Waals surface area contributed by atoms with Crippen LogP contribution >= 0.6 is 0 Å². The van der Waals surface area contributed by atoms with E-state index < -0.39 is 6.03 Å². The monoisotopic (exact) mass is 387 g/mol. The summed E-state index contributed by atoms with van der Waals surface area (Å²) < 4.78 is 5.53. The number of carbonyl (C=O) groups excluding carboxylic acids is 2. The fourth-order valence-corrected chi connectivity index (χ4v) is 7.06. The van der Waals surface area contributed by atoms with Crippen molar-refractivity contribution in [1.82, 2.24) is 5.43 Å². The summed E-state index contributed by atoms with van der Waals surface area (Å²) >= 11 is 0. The van der Waals surface area contributed by atoms with Gasteiger partial charge in [0.25, 0.3) is 0 Å². The van der Waals surface area contributed by atoms with Crippen molar-refractivity contribution in [1.29, 1.82) is 0 Å². The van der Waals surface area contributed by atoms with E-state index >= 15 is 0 Å². The predicted octanol–water partition coefficient (Wildman–Crippen LogP) is 3.91. The molecule has 4 aliphatic carbocycles. The minimum absolute atomic E-state index is 0.0484. The Morgan fingerprint density at radius 2 is 1.89 bits per heavy atom. The molecule has 0 aromatic carbocycles. The van der Waals surface area contributed by atoms with E-state index in [2.05, 4.69) is 30.5 Å². The van der Waals surface area contributed by atoms with E-state index in [1.165, 1.54) is 18.9 Å². The number of nitrogens with two attached hydrogens (primary N) is 1. The molecule has 0 aromatic heterocycles. The Morgan fingerprint density at radius 3 is 2.61 bits per heavy atom. The van der Waals surface area contributed by atoms with Crippen molar-refractivity contribution in [3.63, 3.8) is 0 Å². The first-order valence-corrected chi connectivity index (χ1v) is 10.7. The lowest BCUT2D eigenvalue weighted by Crippen LogP contribution is -2.50. The van der Waals surface area contributed by atoms with E-state index in [1.54, 1.807) is 0 Å². The number of allylic oxidation sites excluding steroid dienone is 1. The standard InChI is InChI=1S/C22H33N3O3/c1-13(26)28-15-8-10-21(2)14(12-15)4-5-16-17-6-7-19(24-25-20(23)27)22(17,3)11-9-18(16)21/h4,15-18H,5-12H2,1-3H3,(H3,23,25,27)/b24-19-/t15-,16+,17+,18+,21-,22+/m0/s1. The topological polar surface area (TPSA) is 93.8 Å². The van der Waals surface area contributed by atoms with Gasteiger partial charge in [0.2, 0.25) is 0 Å². The summed E-state index contributed by atoms with van der Waals surface area (Å²) in [6.45, 7) is 6.29. The lowest BCUT2D eigenvalue weighted by Gasteiger charge is -2.57. The lowest BCUT2D eigenvalue weighted by molar-refractivity contribution is -0.148. The van der Waals surface area contributed by atoms with Crippen molar-refractivity contribution >= 4 is 17.7 Å². The van der Waals surface area contributed by atoms with Gasteiger partial charge in [0.05, 0.1) is 0 Å². The van der Waals surface area contributed by atoms with Crippen LogP contribution in [0.1, 0.15) is 72.1 Å². The van der Waals surface area contributed by atoms with Crippen molar-refractivity contribution in [2.24, 2.45) is 39.4 Å². The highest BCUT2D eigenvalue weighted by Crippen LogP contribution is 2.64. The van der Waals surface area contributed by atoms with Crippen LogP contribution < -0.4 is 11.2 Å². The van der Waals surface area contributed by atoms with Crippen LogP contribution in [0.2, 0.25) is 0 Å². The summed E-state index contributed by atoms with van der Waals surface area (Å²) in [5.74, 6) is 1.80. The molecule has 6 heteroatoms. The highest BCUT2D eigenvalue weighted by Gasteiger charge is 2.58. The Kier molecular flexibility index (Phi) is 4.79. The van der Waals surface area contributed by atoms with Gasteiger partial charge in [-0.2, -0.15) is 5.10 Å². The van der Waals surface area contributed by atoms with Gasteiger partial charge in [-0.25, -0.2) is 10.2 Å². The first kappa shape index (κ1) is 19.5. The summed E-state index contributed by atoms with van der Waals surface area (Å²) in [6, 6.07) is -0.587. The number of carbonyl (C=O) groups is 2. The summed E-state index contributed by atoms with van der Waals surface area (Å²) in [7, 11) is 0. The van der Waals surface area contributed by atoms with Crippen molar-refractivity contribution in [3.8, 4) is 0 Å². The molecule has 0 aromatic rings. The van der Waals surface area contributed by atoms with Gasteiger partial charge in [-0.3, -0.25) is 4.79 Å². The van der Waals surface area contributed by atoms with Gasteiger partial charge in [-0.05, 0) is 68.1 Å². The molecule has 4 rings (SSSR count). The molecule has 3 N–H and O–H groups in total. The average Bonchev–Trinajstić information content (AvgIpc) is 2.96. The first-order valence-electron chi connectivity index (χ1n) is 10.7. The highest BCUT2D eigenvalue weighted by atomic mass is 16.5. The number of ether oxygens (including phenoxy) is 1. The summed E-state index contributed by atoms with van der Waals surface area (Å²) in [6.07, 6.45) is 11.0. The second-order valence-electron chi connectivity index (χ2n) is 9.76. The molecule has 2 amide bonds. The first-order chi connectivity index (χ1) is 13.2. The second-order valence-corrected chi connectivity index (χ2v) is 9.76. The fraction of sp³-hybridized carbons (Fsp3) is 0.773.